The number of halogens is 1. The van der Waals surface area contributed by atoms with E-state index >= 15 is 0 Å². The molecule has 7 heteroatoms. The summed E-state index contributed by atoms with van der Waals surface area (Å²) < 4.78 is 21.4. The fraction of sp³-hybridized carbons (Fsp3) is 0.368. The fourth-order valence-electron chi connectivity index (χ4n) is 3.16. The maximum atomic E-state index is 6.78. The molecule has 0 amide bonds. The molecule has 3 rings (SSSR count). The Morgan fingerprint density at radius 3 is 1.38 bits per heavy atom. The van der Waals surface area contributed by atoms with Gasteiger partial charge in [0, 0.05) is 0 Å². The van der Waals surface area contributed by atoms with Crippen LogP contribution in [0, 0.1) is 0 Å². The lowest BCUT2D eigenvalue weighted by Crippen LogP contribution is -2.26. The van der Waals surface area contributed by atoms with Crippen LogP contribution in [0.25, 0.3) is 0 Å². The van der Waals surface area contributed by atoms with Gasteiger partial charge in [0.25, 0.3) is 0 Å². The van der Waals surface area contributed by atoms with Crippen LogP contribution in [0.15, 0.2) is 36.4 Å². The van der Waals surface area contributed by atoms with Crippen LogP contribution in [0.3, 0.4) is 0 Å². The van der Waals surface area contributed by atoms with Crippen LogP contribution in [0.2, 0.25) is 0 Å². The maximum absolute atomic E-state index is 6.78. The van der Waals surface area contributed by atoms with Crippen molar-refractivity contribution in [3.8, 4) is 23.0 Å². The van der Waals surface area contributed by atoms with Gasteiger partial charge in [-0.15, -0.1) is 11.6 Å². The van der Waals surface area contributed by atoms with E-state index in [4.69, 9.17) is 30.5 Å². The lowest BCUT2D eigenvalue weighted by atomic mass is 9.96. The van der Waals surface area contributed by atoms with E-state index in [2.05, 4.69) is 10.9 Å². The van der Waals surface area contributed by atoms with Gasteiger partial charge in [0.1, 0.15) is 0 Å². The molecule has 2 unspecified atom stereocenters. The third-order valence-corrected chi connectivity index (χ3v) is 5.07. The first kappa shape index (κ1) is 18.6. The SMILES string of the molecule is COc1ccc(C2NNC(c3ccc(OC)c(OC)c3)C2Cl)cc1OC. The van der Waals surface area contributed by atoms with Crippen molar-refractivity contribution in [2.75, 3.05) is 28.4 Å². The minimum absolute atomic E-state index is 0.0884. The van der Waals surface area contributed by atoms with E-state index in [1.807, 2.05) is 36.4 Å². The van der Waals surface area contributed by atoms with Gasteiger partial charge in [-0.05, 0) is 35.4 Å². The van der Waals surface area contributed by atoms with Crippen LogP contribution in [0.1, 0.15) is 23.2 Å². The predicted molar refractivity (Wildman–Crippen MR) is 100 cm³/mol. The smallest absolute Gasteiger partial charge is 0.161 e. The summed E-state index contributed by atoms with van der Waals surface area (Å²) in [5, 5.41) is -0.216. The Morgan fingerprint density at radius 1 is 0.654 bits per heavy atom. The lowest BCUT2D eigenvalue weighted by Gasteiger charge is -2.19. The number of ether oxygens (including phenoxy) is 4. The van der Waals surface area contributed by atoms with Crippen LogP contribution in [0.5, 0.6) is 23.0 Å². The summed E-state index contributed by atoms with van der Waals surface area (Å²) in [5.74, 6) is 2.71. The Labute approximate surface area is 158 Å². The normalized spacial score (nSPS) is 22.1. The first-order valence-corrected chi connectivity index (χ1v) is 8.65. The Balaban J connectivity index is 1.85. The molecule has 0 aliphatic carbocycles. The van der Waals surface area contributed by atoms with E-state index in [9.17, 15) is 0 Å². The first-order chi connectivity index (χ1) is 12.6. The molecule has 2 N–H and O–H groups in total. The molecular formula is C19H23ClN2O4. The third-order valence-electron chi connectivity index (χ3n) is 4.56. The first-order valence-electron chi connectivity index (χ1n) is 8.22. The van der Waals surface area contributed by atoms with Gasteiger partial charge < -0.3 is 18.9 Å². The largest absolute Gasteiger partial charge is 0.493 e. The second-order valence-electron chi connectivity index (χ2n) is 5.92. The van der Waals surface area contributed by atoms with Crippen LogP contribution >= 0.6 is 11.6 Å². The second kappa shape index (κ2) is 8.03. The van der Waals surface area contributed by atoms with Crippen LogP contribution in [-0.4, -0.2) is 33.8 Å². The zero-order chi connectivity index (χ0) is 18.7. The highest BCUT2D eigenvalue weighted by molar-refractivity contribution is 6.21. The monoisotopic (exact) mass is 378 g/mol. The van der Waals surface area contributed by atoms with Crippen molar-refractivity contribution in [2.24, 2.45) is 0 Å². The van der Waals surface area contributed by atoms with Crippen molar-refractivity contribution in [1.29, 1.82) is 0 Å². The zero-order valence-corrected chi connectivity index (χ0v) is 16.0. The van der Waals surface area contributed by atoms with Gasteiger partial charge >= 0.3 is 0 Å². The molecule has 26 heavy (non-hydrogen) atoms. The second-order valence-corrected chi connectivity index (χ2v) is 6.42. The van der Waals surface area contributed by atoms with E-state index < -0.39 is 0 Å². The molecule has 0 bridgehead atoms. The van der Waals surface area contributed by atoms with Crippen molar-refractivity contribution < 1.29 is 18.9 Å². The average molecular weight is 379 g/mol. The molecule has 0 radical (unpaired) electrons. The Hall–Kier alpha value is -2.15. The summed E-state index contributed by atoms with van der Waals surface area (Å²) in [7, 11) is 6.47. The maximum Gasteiger partial charge on any atom is 0.161 e. The number of hydrazine groups is 1. The van der Waals surface area contributed by atoms with Gasteiger partial charge in [-0.2, -0.15) is 0 Å². The number of alkyl halides is 1. The average Bonchev–Trinajstić information content (AvgIpc) is 3.08. The van der Waals surface area contributed by atoms with E-state index in [-0.39, 0.29) is 17.5 Å². The van der Waals surface area contributed by atoms with Crippen molar-refractivity contribution in [1.82, 2.24) is 10.9 Å². The summed E-state index contributed by atoms with van der Waals surface area (Å²) in [5.41, 5.74) is 8.58. The minimum Gasteiger partial charge on any atom is -0.493 e. The van der Waals surface area contributed by atoms with Crippen molar-refractivity contribution in [3.05, 3.63) is 47.5 Å². The summed E-state index contributed by atoms with van der Waals surface area (Å²) >= 11 is 6.78. The highest BCUT2D eigenvalue weighted by Gasteiger charge is 2.37. The van der Waals surface area contributed by atoms with E-state index in [1.54, 1.807) is 28.4 Å². The summed E-state index contributed by atoms with van der Waals surface area (Å²) in [6, 6.07) is 11.4. The van der Waals surface area contributed by atoms with E-state index in [1.165, 1.54) is 0 Å². The molecule has 1 fully saturated rings. The summed E-state index contributed by atoms with van der Waals surface area (Å²) in [6.45, 7) is 0. The molecule has 2 aromatic carbocycles. The number of hydrogen-bond donors (Lipinski definition) is 2. The van der Waals surface area contributed by atoms with Crippen LogP contribution in [-0.2, 0) is 0 Å². The van der Waals surface area contributed by atoms with Crippen molar-refractivity contribution in [2.45, 2.75) is 17.5 Å². The van der Waals surface area contributed by atoms with Gasteiger partial charge in [0.05, 0.1) is 45.9 Å². The molecule has 0 aromatic heterocycles. The molecule has 1 saturated heterocycles. The van der Waals surface area contributed by atoms with Crippen molar-refractivity contribution in [3.63, 3.8) is 0 Å². The summed E-state index contributed by atoms with van der Waals surface area (Å²) in [4.78, 5) is 0. The Kier molecular flexibility index (Phi) is 5.76. The number of hydrogen-bond acceptors (Lipinski definition) is 6. The molecule has 1 heterocycles. The number of methoxy groups -OCH3 is 4. The molecule has 140 valence electrons. The standard InChI is InChI=1S/C19H23ClN2O4/c1-23-13-7-5-11(9-15(13)25-3)18-17(20)19(22-21-18)12-6-8-14(24-2)16(10-12)26-4/h5-10,17-19,21-22H,1-4H3. The number of benzene rings is 2. The molecule has 6 nitrogen and oxygen atoms in total. The molecule has 0 spiro atoms. The topological polar surface area (TPSA) is 61.0 Å². The highest BCUT2D eigenvalue weighted by Crippen LogP contribution is 2.40. The molecular weight excluding hydrogens is 356 g/mol. The van der Waals surface area contributed by atoms with Crippen molar-refractivity contribution >= 4 is 11.6 Å². The molecule has 0 saturated carbocycles. The zero-order valence-electron chi connectivity index (χ0n) is 15.2. The quantitative estimate of drug-likeness (QED) is 0.753. The molecule has 2 atom stereocenters. The van der Waals surface area contributed by atoms with Gasteiger partial charge in [0.2, 0.25) is 0 Å². The minimum atomic E-state index is -0.216. The van der Waals surface area contributed by atoms with Gasteiger partial charge in [-0.25, -0.2) is 10.9 Å². The van der Waals surface area contributed by atoms with E-state index in [0.717, 1.165) is 11.1 Å². The summed E-state index contributed by atoms with van der Waals surface area (Å²) in [6.07, 6.45) is 0. The van der Waals surface area contributed by atoms with Crippen LogP contribution in [0.4, 0.5) is 0 Å². The lowest BCUT2D eigenvalue weighted by molar-refractivity contribution is 0.354. The third kappa shape index (κ3) is 3.40. The predicted octanol–water partition coefficient (Wildman–Crippen LogP) is 3.22. The molecule has 1 aliphatic heterocycles. The van der Waals surface area contributed by atoms with Gasteiger partial charge in [-0.3, -0.25) is 0 Å². The molecule has 1 aliphatic rings. The van der Waals surface area contributed by atoms with E-state index in [0.29, 0.717) is 23.0 Å². The fourth-order valence-corrected chi connectivity index (χ4v) is 3.58. The van der Waals surface area contributed by atoms with Gasteiger partial charge in [0.15, 0.2) is 23.0 Å². The Morgan fingerprint density at radius 2 is 1.04 bits per heavy atom. The van der Waals surface area contributed by atoms with Gasteiger partial charge in [-0.1, -0.05) is 12.1 Å². The highest BCUT2D eigenvalue weighted by atomic mass is 35.5. The molecule has 2 aromatic rings. The Bertz CT molecular complexity index is 708. The van der Waals surface area contributed by atoms with Crippen LogP contribution < -0.4 is 29.8 Å². The number of nitrogens with one attached hydrogen (secondary N) is 2. The number of rotatable bonds is 6.